The van der Waals surface area contributed by atoms with Crippen LogP contribution in [0, 0.1) is 10.1 Å². The van der Waals surface area contributed by atoms with Crippen LogP contribution in [0.4, 0.5) is 5.82 Å². The molecule has 2 aromatic heterocycles. The molecule has 8 nitrogen and oxygen atoms in total. The number of thiazole rings is 1. The molecule has 0 atom stereocenters. The van der Waals surface area contributed by atoms with Crippen molar-refractivity contribution in [1.82, 2.24) is 19.5 Å². The average molecular weight is 350 g/mol. The molecular formula is C13H14N6O2S2. The fraction of sp³-hybridized carbons (Fsp3) is 0.308. The van der Waals surface area contributed by atoms with Crippen molar-refractivity contribution >= 4 is 41.3 Å². The van der Waals surface area contributed by atoms with E-state index in [1.54, 1.807) is 6.21 Å². The third-order valence-electron chi connectivity index (χ3n) is 3.20. The van der Waals surface area contributed by atoms with Crippen molar-refractivity contribution in [1.29, 1.82) is 0 Å². The number of rotatable bonds is 5. The second kappa shape index (κ2) is 6.92. The Morgan fingerprint density at radius 1 is 1.43 bits per heavy atom. The van der Waals surface area contributed by atoms with Crippen molar-refractivity contribution in [3.8, 4) is 10.8 Å². The lowest BCUT2D eigenvalue weighted by molar-refractivity contribution is -0.390. The van der Waals surface area contributed by atoms with Gasteiger partial charge in [-0.25, -0.2) is 9.97 Å². The van der Waals surface area contributed by atoms with Crippen molar-refractivity contribution in [3.05, 3.63) is 34.0 Å². The summed E-state index contributed by atoms with van der Waals surface area (Å²) in [6.45, 7) is 5.47. The summed E-state index contributed by atoms with van der Waals surface area (Å²) in [5.41, 5.74) is 0.712. The molecule has 1 aliphatic rings. The van der Waals surface area contributed by atoms with Crippen molar-refractivity contribution < 1.29 is 4.92 Å². The highest BCUT2D eigenvalue weighted by molar-refractivity contribution is 7.99. The van der Waals surface area contributed by atoms with Gasteiger partial charge < -0.3 is 10.1 Å². The summed E-state index contributed by atoms with van der Waals surface area (Å²) in [4.78, 5) is 19.0. The maximum absolute atomic E-state index is 11.0. The minimum Gasteiger partial charge on any atom is -0.358 e. The zero-order valence-corrected chi connectivity index (χ0v) is 13.8. The molecule has 2 aromatic rings. The fourth-order valence-electron chi connectivity index (χ4n) is 2.08. The van der Waals surface area contributed by atoms with Gasteiger partial charge in [0, 0.05) is 30.0 Å². The van der Waals surface area contributed by atoms with E-state index in [0.29, 0.717) is 16.5 Å². The topological polar surface area (TPSA) is 89.4 Å². The number of aromatic nitrogens is 3. The average Bonchev–Trinajstić information content (AvgIpc) is 3.20. The molecule has 0 radical (unpaired) electrons. The molecule has 3 heterocycles. The standard InChI is InChI=1S/C13H14N6O2S2/c1-2-18-11(19(20)21)8-14-12(18)13-16-10(9-23-13)7-15-17-3-5-22-6-4-17/h2,7-9H,1,3-6H2. The van der Waals surface area contributed by atoms with Crippen molar-refractivity contribution in [2.24, 2.45) is 5.10 Å². The molecule has 3 rings (SSSR count). The van der Waals surface area contributed by atoms with Crippen molar-refractivity contribution in [2.45, 2.75) is 0 Å². The second-order valence-corrected chi connectivity index (χ2v) is 6.72. The molecule has 0 unspecified atom stereocenters. The van der Waals surface area contributed by atoms with E-state index in [4.69, 9.17) is 0 Å². The van der Waals surface area contributed by atoms with Gasteiger partial charge in [0.2, 0.25) is 0 Å². The Morgan fingerprint density at radius 3 is 2.91 bits per heavy atom. The fourth-order valence-corrected chi connectivity index (χ4v) is 3.73. The molecule has 0 aromatic carbocycles. The Kier molecular flexibility index (Phi) is 4.72. The summed E-state index contributed by atoms with van der Waals surface area (Å²) in [6.07, 6.45) is 4.28. The van der Waals surface area contributed by atoms with E-state index in [-0.39, 0.29) is 5.82 Å². The number of imidazole rings is 1. The number of hydrogen-bond acceptors (Lipinski definition) is 8. The first-order chi connectivity index (χ1) is 11.2. The minimum atomic E-state index is -0.497. The number of thioether (sulfide) groups is 1. The van der Waals surface area contributed by atoms with Gasteiger partial charge in [0.05, 0.1) is 18.1 Å². The SMILES string of the molecule is C=Cn1c([N+](=O)[O-])cnc1-c1nc(C=NN2CCSCC2)cs1. The van der Waals surface area contributed by atoms with Gasteiger partial charge in [-0.1, -0.05) is 6.58 Å². The molecule has 0 N–H and O–H groups in total. The molecule has 23 heavy (non-hydrogen) atoms. The van der Waals surface area contributed by atoms with Gasteiger partial charge in [-0.2, -0.15) is 21.4 Å². The molecule has 0 spiro atoms. The lowest BCUT2D eigenvalue weighted by Crippen LogP contribution is -2.27. The first kappa shape index (κ1) is 15.7. The summed E-state index contributed by atoms with van der Waals surface area (Å²) in [6, 6.07) is 0. The molecule has 0 bridgehead atoms. The van der Waals surface area contributed by atoms with Crippen LogP contribution in [0.25, 0.3) is 17.0 Å². The number of nitrogens with zero attached hydrogens (tertiary/aromatic N) is 6. The highest BCUT2D eigenvalue weighted by atomic mass is 32.2. The van der Waals surface area contributed by atoms with E-state index in [1.807, 2.05) is 22.2 Å². The maximum atomic E-state index is 11.0. The highest BCUT2D eigenvalue weighted by Gasteiger charge is 2.21. The van der Waals surface area contributed by atoms with Gasteiger partial charge in [0.25, 0.3) is 5.82 Å². The Balaban J connectivity index is 1.80. The zero-order valence-electron chi connectivity index (χ0n) is 12.2. The van der Waals surface area contributed by atoms with E-state index in [1.165, 1.54) is 28.3 Å². The van der Waals surface area contributed by atoms with Crippen LogP contribution in [0.3, 0.4) is 0 Å². The van der Waals surface area contributed by atoms with Gasteiger partial charge in [-0.15, -0.1) is 11.3 Å². The lowest BCUT2D eigenvalue weighted by Gasteiger charge is -2.22. The van der Waals surface area contributed by atoms with Crippen LogP contribution in [0.1, 0.15) is 5.69 Å². The predicted octanol–water partition coefficient (Wildman–Crippen LogP) is 2.40. The number of nitro groups is 1. The molecule has 1 aliphatic heterocycles. The van der Waals surface area contributed by atoms with Crippen LogP contribution in [0.15, 0.2) is 23.3 Å². The molecule has 120 valence electrons. The Morgan fingerprint density at radius 2 is 2.22 bits per heavy atom. The molecule has 1 saturated heterocycles. The van der Waals surface area contributed by atoms with Crippen molar-refractivity contribution in [2.75, 3.05) is 24.6 Å². The van der Waals surface area contributed by atoms with Gasteiger partial charge in [-0.3, -0.25) is 5.01 Å². The van der Waals surface area contributed by atoms with E-state index in [0.717, 1.165) is 24.6 Å². The maximum Gasteiger partial charge on any atom is 0.347 e. The van der Waals surface area contributed by atoms with Gasteiger partial charge >= 0.3 is 5.82 Å². The summed E-state index contributed by atoms with van der Waals surface area (Å²) in [7, 11) is 0. The largest absolute Gasteiger partial charge is 0.358 e. The quantitative estimate of drug-likeness (QED) is 0.467. The molecule has 0 saturated carbocycles. The summed E-state index contributed by atoms with van der Waals surface area (Å²) < 4.78 is 1.32. The minimum absolute atomic E-state index is 0.133. The first-order valence-corrected chi connectivity index (χ1v) is 8.89. The van der Waals surface area contributed by atoms with Crippen LogP contribution in [0.5, 0.6) is 0 Å². The van der Waals surface area contributed by atoms with Crippen LogP contribution in [-0.4, -0.2) is 55.3 Å². The van der Waals surface area contributed by atoms with Gasteiger partial charge in [0.1, 0.15) is 6.20 Å². The van der Waals surface area contributed by atoms with Crippen LogP contribution < -0.4 is 0 Å². The first-order valence-electron chi connectivity index (χ1n) is 6.86. The van der Waals surface area contributed by atoms with Gasteiger partial charge in [0.15, 0.2) is 5.01 Å². The number of hydrazone groups is 1. The monoisotopic (exact) mass is 350 g/mol. The lowest BCUT2D eigenvalue weighted by atomic mass is 10.5. The Hall–Kier alpha value is -2.20. The zero-order chi connectivity index (χ0) is 16.2. The summed E-state index contributed by atoms with van der Waals surface area (Å²) in [5.74, 6) is 2.44. The van der Waals surface area contributed by atoms with Crippen LogP contribution in [0.2, 0.25) is 0 Å². The van der Waals surface area contributed by atoms with E-state index in [9.17, 15) is 10.1 Å². The normalized spacial score (nSPS) is 15.2. The highest BCUT2D eigenvalue weighted by Crippen LogP contribution is 2.26. The molecule has 10 heteroatoms. The summed E-state index contributed by atoms with van der Waals surface area (Å²) in [5, 5.41) is 19.8. The molecular weight excluding hydrogens is 336 g/mol. The molecule has 0 aliphatic carbocycles. The van der Waals surface area contributed by atoms with Crippen molar-refractivity contribution in [3.63, 3.8) is 0 Å². The van der Waals surface area contributed by atoms with E-state index >= 15 is 0 Å². The van der Waals surface area contributed by atoms with Crippen LogP contribution in [-0.2, 0) is 0 Å². The number of hydrogen-bond donors (Lipinski definition) is 0. The second-order valence-electron chi connectivity index (χ2n) is 4.64. The van der Waals surface area contributed by atoms with Gasteiger partial charge in [-0.05, 0) is 4.92 Å². The molecule has 1 fully saturated rings. The third kappa shape index (κ3) is 3.42. The Labute approximate surface area is 140 Å². The van der Waals surface area contributed by atoms with Crippen LogP contribution >= 0.6 is 23.1 Å². The predicted molar refractivity (Wildman–Crippen MR) is 92.9 cm³/mol. The van der Waals surface area contributed by atoms with E-state index < -0.39 is 4.92 Å². The molecule has 0 amide bonds. The third-order valence-corrected chi connectivity index (χ3v) is 5.00. The smallest absolute Gasteiger partial charge is 0.347 e. The summed E-state index contributed by atoms with van der Waals surface area (Å²) >= 11 is 3.29. The van der Waals surface area contributed by atoms with E-state index in [2.05, 4.69) is 21.6 Å². The Bertz CT molecular complexity index is 747.